The molecule has 0 unspecified atom stereocenters. The first-order valence-electron chi connectivity index (χ1n) is 7.67. The van der Waals surface area contributed by atoms with Gasteiger partial charge in [0.25, 0.3) is 0 Å². The fourth-order valence-corrected chi connectivity index (χ4v) is 2.73. The Hall–Kier alpha value is -2.57. The molecule has 2 aromatic carbocycles. The average Bonchev–Trinajstić information content (AvgIpc) is 3.02. The number of halogens is 2. The van der Waals surface area contributed by atoms with Gasteiger partial charge in [0.15, 0.2) is 5.69 Å². The average molecular weight is 392 g/mol. The summed E-state index contributed by atoms with van der Waals surface area (Å²) < 4.78 is 11.9. The number of carbonyl (C=O) groups is 1. The SMILES string of the molecule is COc1ccc(-n2nnc(C(=O)OCc3ccc(Cl)cc3)c2C)cc1Cl. The maximum atomic E-state index is 12.3. The van der Waals surface area contributed by atoms with E-state index in [1.165, 1.54) is 11.8 Å². The smallest absolute Gasteiger partial charge is 0.361 e. The summed E-state index contributed by atoms with van der Waals surface area (Å²) in [7, 11) is 1.54. The molecule has 0 aliphatic carbocycles. The highest BCUT2D eigenvalue weighted by molar-refractivity contribution is 6.32. The third-order valence-electron chi connectivity index (χ3n) is 3.75. The van der Waals surface area contributed by atoms with Crippen LogP contribution in [0.15, 0.2) is 42.5 Å². The van der Waals surface area contributed by atoms with Crippen LogP contribution in [0.25, 0.3) is 5.69 Å². The Bertz CT molecular complexity index is 939. The molecule has 0 saturated carbocycles. The molecule has 8 heteroatoms. The fourth-order valence-electron chi connectivity index (χ4n) is 2.35. The van der Waals surface area contributed by atoms with Crippen molar-refractivity contribution >= 4 is 29.2 Å². The van der Waals surface area contributed by atoms with Crippen LogP contribution in [0.1, 0.15) is 21.7 Å². The second-order valence-corrected chi connectivity index (χ2v) is 6.30. The van der Waals surface area contributed by atoms with Crippen LogP contribution in [0.2, 0.25) is 10.0 Å². The van der Waals surface area contributed by atoms with E-state index in [-0.39, 0.29) is 12.3 Å². The van der Waals surface area contributed by atoms with Gasteiger partial charge in [0, 0.05) is 5.02 Å². The standard InChI is InChI=1S/C18H15Cl2N3O3/c1-11-17(18(24)26-10-12-3-5-13(19)6-4-12)21-22-23(11)14-7-8-16(25-2)15(20)9-14/h3-9H,10H2,1-2H3. The summed E-state index contributed by atoms with van der Waals surface area (Å²) >= 11 is 12.0. The number of rotatable bonds is 5. The van der Waals surface area contributed by atoms with Crippen LogP contribution in [0.5, 0.6) is 5.75 Å². The molecular formula is C18H15Cl2N3O3. The van der Waals surface area contributed by atoms with Gasteiger partial charge in [0.1, 0.15) is 12.4 Å². The van der Waals surface area contributed by atoms with E-state index in [4.69, 9.17) is 32.7 Å². The number of esters is 1. The molecule has 0 fully saturated rings. The molecule has 0 N–H and O–H groups in total. The maximum Gasteiger partial charge on any atom is 0.361 e. The predicted molar refractivity (Wildman–Crippen MR) is 98.2 cm³/mol. The van der Waals surface area contributed by atoms with Gasteiger partial charge >= 0.3 is 5.97 Å². The van der Waals surface area contributed by atoms with Gasteiger partial charge in [-0.15, -0.1) is 5.10 Å². The van der Waals surface area contributed by atoms with E-state index in [9.17, 15) is 4.79 Å². The fraction of sp³-hybridized carbons (Fsp3) is 0.167. The number of hydrogen-bond acceptors (Lipinski definition) is 5. The second-order valence-electron chi connectivity index (χ2n) is 5.46. The Morgan fingerprint density at radius 2 is 1.88 bits per heavy atom. The molecule has 0 saturated heterocycles. The molecule has 0 atom stereocenters. The van der Waals surface area contributed by atoms with Gasteiger partial charge in [0.2, 0.25) is 0 Å². The van der Waals surface area contributed by atoms with Crippen molar-refractivity contribution in [1.29, 1.82) is 0 Å². The van der Waals surface area contributed by atoms with E-state index in [0.29, 0.717) is 27.2 Å². The van der Waals surface area contributed by atoms with Crippen LogP contribution >= 0.6 is 23.2 Å². The monoisotopic (exact) mass is 391 g/mol. The molecule has 3 aromatic rings. The van der Waals surface area contributed by atoms with Gasteiger partial charge < -0.3 is 9.47 Å². The first kappa shape index (κ1) is 18.2. The summed E-state index contributed by atoms with van der Waals surface area (Å²) in [6, 6.07) is 12.2. The minimum atomic E-state index is -0.552. The van der Waals surface area contributed by atoms with Gasteiger partial charge in [-0.05, 0) is 42.8 Å². The van der Waals surface area contributed by atoms with E-state index in [1.807, 2.05) is 0 Å². The molecule has 3 rings (SSSR count). The third-order valence-corrected chi connectivity index (χ3v) is 4.30. The number of methoxy groups -OCH3 is 1. The van der Waals surface area contributed by atoms with Gasteiger partial charge in [-0.2, -0.15) is 0 Å². The van der Waals surface area contributed by atoms with Crippen LogP contribution in [-0.4, -0.2) is 28.1 Å². The molecule has 0 bridgehead atoms. The maximum absolute atomic E-state index is 12.3. The molecule has 0 radical (unpaired) electrons. The molecule has 6 nitrogen and oxygen atoms in total. The number of aromatic nitrogens is 3. The first-order chi connectivity index (χ1) is 12.5. The van der Waals surface area contributed by atoms with Gasteiger partial charge in [-0.3, -0.25) is 0 Å². The van der Waals surface area contributed by atoms with Crippen LogP contribution in [0.3, 0.4) is 0 Å². The van der Waals surface area contributed by atoms with E-state index in [2.05, 4.69) is 10.3 Å². The molecule has 0 amide bonds. The number of benzene rings is 2. The zero-order valence-electron chi connectivity index (χ0n) is 14.1. The van der Waals surface area contributed by atoms with Crippen molar-refractivity contribution in [1.82, 2.24) is 15.0 Å². The zero-order chi connectivity index (χ0) is 18.7. The largest absolute Gasteiger partial charge is 0.495 e. The second kappa shape index (κ2) is 7.76. The lowest BCUT2D eigenvalue weighted by Gasteiger charge is -2.07. The summed E-state index contributed by atoms with van der Waals surface area (Å²) in [4.78, 5) is 12.3. The molecule has 1 heterocycles. The van der Waals surface area contributed by atoms with Crippen molar-refractivity contribution < 1.29 is 14.3 Å². The first-order valence-corrected chi connectivity index (χ1v) is 8.43. The van der Waals surface area contributed by atoms with Crippen molar-refractivity contribution in [2.75, 3.05) is 7.11 Å². The topological polar surface area (TPSA) is 66.2 Å². The summed E-state index contributed by atoms with van der Waals surface area (Å²) in [5.74, 6) is -0.000841. The number of nitrogens with zero attached hydrogens (tertiary/aromatic N) is 3. The van der Waals surface area contributed by atoms with Crippen LogP contribution < -0.4 is 4.74 Å². The van der Waals surface area contributed by atoms with Crippen LogP contribution in [0.4, 0.5) is 0 Å². The van der Waals surface area contributed by atoms with Gasteiger partial charge in [0.05, 0.1) is 23.5 Å². The molecule has 134 valence electrons. The Kier molecular flexibility index (Phi) is 5.44. The van der Waals surface area contributed by atoms with Crippen molar-refractivity contribution in [2.45, 2.75) is 13.5 Å². The van der Waals surface area contributed by atoms with E-state index in [0.717, 1.165) is 5.56 Å². The van der Waals surface area contributed by atoms with Gasteiger partial charge in [-0.1, -0.05) is 40.5 Å². The summed E-state index contributed by atoms with van der Waals surface area (Å²) in [5, 5.41) is 9.01. The third kappa shape index (κ3) is 3.81. The van der Waals surface area contributed by atoms with Crippen molar-refractivity contribution in [2.24, 2.45) is 0 Å². The highest BCUT2D eigenvalue weighted by Crippen LogP contribution is 2.27. The summed E-state index contributed by atoms with van der Waals surface area (Å²) in [6.45, 7) is 1.85. The molecule has 0 spiro atoms. The van der Waals surface area contributed by atoms with Gasteiger partial charge in [-0.25, -0.2) is 9.48 Å². The Labute approximate surface area is 160 Å². The van der Waals surface area contributed by atoms with Crippen LogP contribution in [-0.2, 0) is 11.3 Å². The lowest BCUT2D eigenvalue weighted by molar-refractivity contribution is 0.0464. The van der Waals surface area contributed by atoms with Crippen LogP contribution in [0, 0.1) is 6.92 Å². The quantitative estimate of drug-likeness (QED) is 0.608. The minimum Gasteiger partial charge on any atom is -0.495 e. The molecule has 0 aliphatic heterocycles. The van der Waals surface area contributed by atoms with E-state index < -0.39 is 5.97 Å². The Morgan fingerprint density at radius 1 is 1.15 bits per heavy atom. The minimum absolute atomic E-state index is 0.122. The summed E-state index contributed by atoms with van der Waals surface area (Å²) in [6.07, 6.45) is 0. The van der Waals surface area contributed by atoms with E-state index >= 15 is 0 Å². The van der Waals surface area contributed by atoms with E-state index in [1.54, 1.807) is 49.4 Å². The lowest BCUT2D eigenvalue weighted by atomic mass is 10.2. The molecule has 26 heavy (non-hydrogen) atoms. The summed E-state index contributed by atoms with van der Waals surface area (Å²) in [5.41, 5.74) is 2.19. The normalized spacial score (nSPS) is 10.6. The van der Waals surface area contributed by atoms with Crippen molar-refractivity contribution in [3.05, 3.63) is 69.5 Å². The number of ether oxygens (including phenoxy) is 2. The lowest BCUT2D eigenvalue weighted by Crippen LogP contribution is -2.08. The number of carbonyl (C=O) groups excluding carboxylic acids is 1. The Balaban J connectivity index is 1.76. The Morgan fingerprint density at radius 3 is 2.54 bits per heavy atom. The highest BCUT2D eigenvalue weighted by Gasteiger charge is 2.19. The molecule has 0 aliphatic rings. The highest BCUT2D eigenvalue weighted by atomic mass is 35.5. The molecule has 1 aromatic heterocycles. The van der Waals surface area contributed by atoms with Crippen molar-refractivity contribution in [3.63, 3.8) is 0 Å². The predicted octanol–water partition coefficient (Wildman–Crippen LogP) is 4.25. The number of hydrogen-bond donors (Lipinski definition) is 0. The molecular weight excluding hydrogens is 377 g/mol. The zero-order valence-corrected chi connectivity index (χ0v) is 15.6. The van der Waals surface area contributed by atoms with Crippen molar-refractivity contribution in [3.8, 4) is 11.4 Å².